The van der Waals surface area contributed by atoms with Gasteiger partial charge in [0.1, 0.15) is 6.04 Å². The van der Waals surface area contributed by atoms with Gasteiger partial charge in [-0.3, -0.25) is 9.59 Å². The highest BCUT2D eigenvalue weighted by Gasteiger charge is 2.25. The first-order chi connectivity index (χ1) is 10.2. The zero-order valence-corrected chi connectivity index (χ0v) is 12.1. The van der Waals surface area contributed by atoms with Gasteiger partial charge in [0.25, 0.3) is 0 Å². The Hall–Kier alpha value is -2.04. The molecule has 1 heterocycles. The Kier molecular flexibility index (Phi) is 5.60. The molecule has 1 aromatic carbocycles. The summed E-state index contributed by atoms with van der Waals surface area (Å²) in [6.07, 6.45) is 4.42. The van der Waals surface area contributed by atoms with E-state index >= 15 is 0 Å². The Labute approximate surface area is 124 Å². The number of benzene rings is 1. The number of amides is 1. The molecule has 1 aromatic rings. The smallest absolute Gasteiger partial charge is 0.303 e. The number of hydrogen-bond donors (Lipinski definition) is 3. The molecule has 3 N–H and O–H groups in total. The van der Waals surface area contributed by atoms with Crippen LogP contribution in [-0.2, 0) is 16.0 Å². The van der Waals surface area contributed by atoms with Gasteiger partial charge in [-0.1, -0.05) is 31.0 Å². The van der Waals surface area contributed by atoms with Crippen LogP contribution >= 0.6 is 0 Å². The van der Waals surface area contributed by atoms with E-state index in [9.17, 15) is 9.59 Å². The average Bonchev–Trinajstić information content (AvgIpc) is 2.89. The number of carbonyl (C=O) groups is 2. The maximum absolute atomic E-state index is 12.0. The minimum atomic E-state index is -0.741. The molecule has 0 unspecified atom stereocenters. The van der Waals surface area contributed by atoms with Gasteiger partial charge in [0.05, 0.1) is 0 Å². The Morgan fingerprint density at radius 1 is 1.19 bits per heavy atom. The number of fused-ring (bicyclic) bond motifs is 1. The predicted molar refractivity (Wildman–Crippen MR) is 81.3 cm³/mol. The molecule has 0 spiro atoms. The fourth-order valence-corrected chi connectivity index (χ4v) is 2.55. The molecule has 1 aliphatic rings. The van der Waals surface area contributed by atoms with E-state index in [1.54, 1.807) is 0 Å². The van der Waals surface area contributed by atoms with Crippen molar-refractivity contribution < 1.29 is 14.7 Å². The van der Waals surface area contributed by atoms with Gasteiger partial charge in [0.2, 0.25) is 5.91 Å². The molecule has 0 fully saturated rings. The Morgan fingerprint density at radius 3 is 2.71 bits per heavy atom. The van der Waals surface area contributed by atoms with Gasteiger partial charge in [0.15, 0.2) is 0 Å². The van der Waals surface area contributed by atoms with Crippen LogP contribution in [-0.4, -0.2) is 29.6 Å². The summed E-state index contributed by atoms with van der Waals surface area (Å²) in [6, 6.07) is 7.80. The van der Waals surface area contributed by atoms with Crippen molar-refractivity contribution in [1.82, 2.24) is 5.32 Å². The minimum absolute atomic E-state index is 0.0386. The molecule has 21 heavy (non-hydrogen) atoms. The molecule has 1 amide bonds. The standard InChI is InChI=1S/C16H22N2O3/c19-15(20)9-3-1-2-6-10-17-16(21)14-11-12-7-4-5-8-13(12)18-14/h4-5,7-8,14,18H,1-3,6,9-11H2,(H,17,21)(H,19,20)/t14-/m0/s1. The largest absolute Gasteiger partial charge is 0.481 e. The highest BCUT2D eigenvalue weighted by Crippen LogP contribution is 2.24. The maximum atomic E-state index is 12.0. The van der Waals surface area contributed by atoms with Crippen LogP contribution in [0, 0.1) is 0 Å². The molecule has 0 aliphatic carbocycles. The summed E-state index contributed by atoms with van der Waals surface area (Å²) in [5.41, 5.74) is 2.23. The number of para-hydroxylation sites is 1. The molecular formula is C16H22N2O3. The minimum Gasteiger partial charge on any atom is -0.481 e. The van der Waals surface area contributed by atoms with Crippen molar-refractivity contribution in [2.24, 2.45) is 0 Å². The third-order valence-electron chi connectivity index (χ3n) is 3.70. The summed E-state index contributed by atoms with van der Waals surface area (Å²) in [5, 5.41) is 14.7. The predicted octanol–water partition coefficient (Wildman–Crippen LogP) is 2.17. The molecule has 0 saturated heterocycles. The van der Waals surface area contributed by atoms with Crippen LogP contribution in [0.2, 0.25) is 0 Å². The van der Waals surface area contributed by atoms with E-state index < -0.39 is 5.97 Å². The summed E-state index contributed by atoms with van der Waals surface area (Å²) in [6.45, 7) is 0.653. The van der Waals surface area contributed by atoms with Gasteiger partial charge < -0.3 is 15.7 Å². The van der Waals surface area contributed by atoms with Gasteiger partial charge in [-0.2, -0.15) is 0 Å². The van der Waals surface area contributed by atoms with Crippen LogP contribution in [0.1, 0.15) is 37.7 Å². The lowest BCUT2D eigenvalue weighted by Crippen LogP contribution is -2.38. The fourth-order valence-electron chi connectivity index (χ4n) is 2.55. The number of nitrogens with one attached hydrogen (secondary N) is 2. The average molecular weight is 290 g/mol. The second kappa shape index (κ2) is 7.67. The topological polar surface area (TPSA) is 78.4 Å². The highest BCUT2D eigenvalue weighted by atomic mass is 16.4. The molecular weight excluding hydrogens is 268 g/mol. The van der Waals surface area contributed by atoms with Crippen LogP contribution in [0.15, 0.2) is 24.3 Å². The summed E-state index contributed by atoms with van der Waals surface area (Å²) < 4.78 is 0. The number of unbranched alkanes of at least 4 members (excludes halogenated alkanes) is 3. The van der Waals surface area contributed by atoms with E-state index in [1.165, 1.54) is 5.56 Å². The van der Waals surface area contributed by atoms with Crippen molar-refractivity contribution in [1.29, 1.82) is 0 Å². The van der Waals surface area contributed by atoms with Crippen molar-refractivity contribution in [2.45, 2.75) is 44.6 Å². The van der Waals surface area contributed by atoms with Crippen molar-refractivity contribution in [3.8, 4) is 0 Å². The SMILES string of the molecule is O=C(O)CCCCCCNC(=O)[C@@H]1Cc2ccccc2N1. The van der Waals surface area contributed by atoms with E-state index in [-0.39, 0.29) is 18.4 Å². The first-order valence-corrected chi connectivity index (χ1v) is 7.51. The third-order valence-corrected chi connectivity index (χ3v) is 3.70. The summed E-state index contributed by atoms with van der Waals surface area (Å²) in [5.74, 6) is -0.702. The second-order valence-electron chi connectivity index (χ2n) is 5.41. The Bertz CT molecular complexity index is 477. The molecule has 0 aromatic heterocycles. The summed E-state index contributed by atoms with van der Waals surface area (Å²) in [4.78, 5) is 22.4. The van der Waals surface area contributed by atoms with E-state index in [0.717, 1.165) is 31.4 Å². The molecule has 0 radical (unpaired) electrons. The monoisotopic (exact) mass is 290 g/mol. The van der Waals surface area contributed by atoms with Crippen LogP contribution < -0.4 is 10.6 Å². The van der Waals surface area contributed by atoms with Gasteiger partial charge in [-0.05, 0) is 24.5 Å². The number of anilines is 1. The number of aliphatic carboxylic acids is 1. The number of hydrogen-bond acceptors (Lipinski definition) is 3. The molecule has 1 aliphatic heterocycles. The number of carbonyl (C=O) groups excluding carboxylic acids is 1. The quantitative estimate of drug-likeness (QED) is 0.641. The molecule has 1 atom stereocenters. The Balaban J connectivity index is 1.58. The third kappa shape index (κ3) is 4.77. The van der Waals surface area contributed by atoms with E-state index in [2.05, 4.69) is 10.6 Å². The molecule has 0 saturated carbocycles. The summed E-state index contributed by atoms with van der Waals surface area (Å²) >= 11 is 0. The molecule has 0 bridgehead atoms. The van der Waals surface area contributed by atoms with Crippen LogP contribution in [0.5, 0.6) is 0 Å². The summed E-state index contributed by atoms with van der Waals surface area (Å²) in [7, 11) is 0. The molecule has 5 heteroatoms. The van der Waals surface area contributed by atoms with Crippen LogP contribution in [0.4, 0.5) is 5.69 Å². The van der Waals surface area contributed by atoms with Gasteiger partial charge in [0, 0.05) is 25.1 Å². The lowest BCUT2D eigenvalue weighted by Gasteiger charge is -2.11. The molecule has 114 valence electrons. The van der Waals surface area contributed by atoms with Gasteiger partial charge in [-0.25, -0.2) is 0 Å². The van der Waals surface area contributed by atoms with E-state index in [1.807, 2.05) is 24.3 Å². The van der Waals surface area contributed by atoms with E-state index in [0.29, 0.717) is 13.0 Å². The zero-order chi connectivity index (χ0) is 15.1. The van der Waals surface area contributed by atoms with Crippen molar-refractivity contribution in [3.05, 3.63) is 29.8 Å². The van der Waals surface area contributed by atoms with Gasteiger partial charge in [-0.15, -0.1) is 0 Å². The highest BCUT2D eigenvalue weighted by molar-refractivity contribution is 5.87. The van der Waals surface area contributed by atoms with Crippen molar-refractivity contribution in [3.63, 3.8) is 0 Å². The number of rotatable bonds is 8. The lowest BCUT2D eigenvalue weighted by molar-refractivity contribution is -0.137. The lowest BCUT2D eigenvalue weighted by atomic mass is 10.1. The number of carboxylic acid groups (broad SMARTS) is 1. The molecule has 5 nitrogen and oxygen atoms in total. The van der Waals surface area contributed by atoms with Crippen LogP contribution in [0.3, 0.4) is 0 Å². The second-order valence-corrected chi connectivity index (χ2v) is 5.41. The van der Waals surface area contributed by atoms with E-state index in [4.69, 9.17) is 5.11 Å². The molecule has 2 rings (SSSR count). The van der Waals surface area contributed by atoms with Crippen LogP contribution in [0.25, 0.3) is 0 Å². The maximum Gasteiger partial charge on any atom is 0.303 e. The van der Waals surface area contributed by atoms with Gasteiger partial charge >= 0.3 is 5.97 Å². The van der Waals surface area contributed by atoms with Crippen molar-refractivity contribution in [2.75, 3.05) is 11.9 Å². The zero-order valence-electron chi connectivity index (χ0n) is 12.1. The first-order valence-electron chi connectivity index (χ1n) is 7.51. The number of carboxylic acids is 1. The fraction of sp³-hybridized carbons (Fsp3) is 0.500. The normalized spacial score (nSPS) is 16.1. The van der Waals surface area contributed by atoms with Crippen molar-refractivity contribution >= 4 is 17.6 Å². The first kappa shape index (κ1) is 15.4. The Morgan fingerprint density at radius 2 is 1.95 bits per heavy atom.